The fraction of sp³-hybridized carbons (Fsp3) is 0.800. The Labute approximate surface area is 99.3 Å². The van der Waals surface area contributed by atoms with Gasteiger partial charge in [0.15, 0.2) is 5.82 Å². The highest BCUT2D eigenvalue weighted by molar-refractivity contribution is 7.09. The first-order valence-electron chi connectivity index (χ1n) is 5.36. The molecule has 2 rings (SSSR count). The maximum atomic E-state index is 5.54. The van der Waals surface area contributed by atoms with Gasteiger partial charge in [-0.05, 0) is 20.8 Å². The summed E-state index contributed by atoms with van der Waals surface area (Å²) in [5, 5.41) is 4.12. The second-order valence-electron chi connectivity index (χ2n) is 4.77. The molecule has 1 aromatic rings. The molecule has 5 nitrogen and oxygen atoms in total. The second-order valence-corrected chi connectivity index (χ2v) is 5.52. The Balaban J connectivity index is 2.01. The summed E-state index contributed by atoms with van der Waals surface area (Å²) in [4.78, 5) is 4.41. The molecule has 0 amide bonds. The maximum absolute atomic E-state index is 5.54. The second kappa shape index (κ2) is 4.65. The van der Waals surface area contributed by atoms with Crippen molar-refractivity contribution >= 4 is 16.7 Å². The lowest BCUT2D eigenvalue weighted by Gasteiger charge is -2.21. The molecule has 1 unspecified atom stereocenters. The Hall–Kier alpha value is -0.720. The van der Waals surface area contributed by atoms with Crippen molar-refractivity contribution in [1.29, 1.82) is 0 Å². The van der Waals surface area contributed by atoms with Crippen LogP contribution in [-0.2, 0) is 9.47 Å². The molecule has 1 aliphatic heterocycles. The van der Waals surface area contributed by atoms with E-state index < -0.39 is 0 Å². The van der Waals surface area contributed by atoms with Crippen LogP contribution in [0.25, 0.3) is 0 Å². The molecule has 1 aliphatic rings. The van der Waals surface area contributed by atoms with Gasteiger partial charge in [-0.2, -0.15) is 4.37 Å². The quantitative estimate of drug-likeness (QED) is 0.859. The highest BCUT2D eigenvalue weighted by Crippen LogP contribution is 2.23. The minimum atomic E-state index is -0.111. The first-order valence-corrected chi connectivity index (χ1v) is 6.13. The zero-order valence-corrected chi connectivity index (χ0v) is 10.6. The average Bonchev–Trinajstić information content (AvgIpc) is 2.65. The van der Waals surface area contributed by atoms with Crippen LogP contribution in [0.4, 0.5) is 5.13 Å². The fourth-order valence-electron chi connectivity index (χ4n) is 1.37. The summed E-state index contributed by atoms with van der Waals surface area (Å²) < 4.78 is 15.1. The maximum Gasteiger partial charge on any atom is 0.203 e. The van der Waals surface area contributed by atoms with Crippen molar-refractivity contribution in [1.82, 2.24) is 9.36 Å². The summed E-state index contributed by atoms with van der Waals surface area (Å²) in [7, 11) is 0. The number of anilines is 1. The number of nitrogens with one attached hydrogen (secondary N) is 1. The standard InChI is InChI=1S/C10H17N3O2S/c1-10(2,3)12-9-11-8(13-16-9)7-6-14-4-5-15-7/h7H,4-6H2,1-3H3,(H,11,12,13). The summed E-state index contributed by atoms with van der Waals surface area (Å²) in [6, 6.07) is 0. The van der Waals surface area contributed by atoms with Gasteiger partial charge in [-0.3, -0.25) is 0 Å². The summed E-state index contributed by atoms with van der Waals surface area (Å²) in [6.07, 6.45) is -0.111. The van der Waals surface area contributed by atoms with Gasteiger partial charge in [0.2, 0.25) is 5.13 Å². The lowest BCUT2D eigenvalue weighted by atomic mass is 10.1. The zero-order valence-electron chi connectivity index (χ0n) is 9.82. The van der Waals surface area contributed by atoms with Crippen molar-refractivity contribution in [2.24, 2.45) is 0 Å². The first-order chi connectivity index (χ1) is 7.54. The molecule has 1 N–H and O–H groups in total. The van der Waals surface area contributed by atoms with Crippen LogP contribution in [0.2, 0.25) is 0 Å². The van der Waals surface area contributed by atoms with Crippen LogP contribution in [0.15, 0.2) is 0 Å². The van der Waals surface area contributed by atoms with Gasteiger partial charge in [0.1, 0.15) is 6.10 Å². The van der Waals surface area contributed by atoms with E-state index in [4.69, 9.17) is 9.47 Å². The monoisotopic (exact) mass is 243 g/mol. The molecule has 16 heavy (non-hydrogen) atoms. The third kappa shape index (κ3) is 3.13. The summed E-state index contributed by atoms with van der Waals surface area (Å²) in [6.45, 7) is 8.10. The van der Waals surface area contributed by atoms with Crippen molar-refractivity contribution < 1.29 is 9.47 Å². The molecule has 0 aliphatic carbocycles. The normalized spacial score (nSPS) is 22.1. The molecule has 1 aromatic heterocycles. The van der Waals surface area contributed by atoms with E-state index in [0.717, 1.165) is 11.0 Å². The van der Waals surface area contributed by atoms with Crippen LogP contribution in [-0.4, -0.2) is 34.7 Å². The molecular formula is C10H17N3O2S. The van der Waals surface area contributed by atoms with E-state index in [-0.39, 0.29) is 11.6 Å². The first kappa shape index (κ1) is 11.8. The smallest absolute Gasteiger partial charge is 0.203 e. The molecule has 0 aromatic carbocycles. The molecule has 0 bridgehead atoms. The number of rotatable bonds is 2. The van der Waals surface area contributed by atoms with Crippen molar-refractivity contribution in [2.45, 2.75) is 32.4 Å². The average molecular weight is 243 g/mol. The van der Waals surface area contributed by atoms with Crippen molar-refractivity contribution in [2.75, 3.05) is 25.1 Å². The van der Waals surface area contributed by atoms with Gasteiger partial charge in [-0.1, -0.05) is 0 Å². The van der Waals surface area contributed by atoms with E-state index >= 15 is 0 Å². The molecule has 0 saturated carbocycles. The van der Waals surface area contributed by atoms with E-state index in [2.05, 4.69) is 35.4 Å². The topological polar surface area (TPSA) is 56.3 Å². The van der Waals surface area contributed by atoms with Gasteiger partial charge < -0.3 is 14.8 Å². The van der Waals surface area contributed by atoms with Crippen LogP contribution >= 0.6 is 11.5 Å². The fourth-order valence-corrected chi connectivity index (χ4v) is 2.20. The lowest BCUT2D eigenvalue weighted by Crippen LogP contribution is -2.26. The van der Waals surface area contributed by atoms with Gasteiger partial charge in [-0.25, -0.2) is 4.98 Å². The SMILES string of the molecule is CC(C)(C)Nc1nc(C2COCCO2)ns1. The largest absolute Gasteiger partial charge is 0.376 e. The minimum Gasteiger partial charge on any atom is -0.376 e. The highest BCUT2D eigenvalue weighted by atomic mass is 32.1. The number of hydrogen-bond donors (Lipinski definition) is 1. The highest BCUT2D eigenvalue weighted by Gasteiger charge is 2.22. The van der Waals surface area contributed by atoms with Gasteiger partial charge >= 0.3 is 0 Å². The summed E-state index contributed by atoms with van der Waals surface area (Å²) >= 11 is 1.36. The zero-order chi connectivity index (χ0) is 11.6. The van der Waals surface area contributed by atoms with Crippen molar-refractivity contribution in [3.05, 3.63) is 5.82 Å². The van der Waals surface area contributed by atoms with Gasteiger partial charge in [-0.15, -0.1) is 0 Å². The minimum absolute atomic E-state index is 0.000720. The Morgan fingerprint density at radius 2 is 2.19 bits per heavy atom. The summed E-state index contributed by atoms with van der Waals surface area (Å²) in [5.74, 6) is 0.719. The number of aromatic nitrogens is 2. The van der Waals surface area contributed by atoms with Gasteiger partial charge in [0.25, 0.3) is 0 Å². The molecule has 1 fully saturated rings. The number of ether oxygens (including phenoxy) is 2. The molecule has 1 saturated heterocycles. The number of hydrogen-bond acceptors (Lipinski definition) is 6. The van der Waals surface area contributed by atoms with Crippen LogP contribution < -0.4 is 5.32 Å². The predicted molar refractivity (Wildman–Crippen MR) is 62.8 cm³/mol. The molecule has 1 atom stereocenters. The van der Waals surface area contributed by atoms with E-state index in [1.54, 1.807) is 0 Å². The van der Waals surface area contributed by atoms with Crippen molar-refractivity contribution in [3.8, 4) is 0 Å². The van der Waals surface area contributed by atoms with Crippen LogP contribution in [0.1, 0.15) is 32.7 Å². The molecule has 90 valence electrons. The Morgan fingerprint density at radius 3 is 2.81 bits per heavy atom. The Morgan fingerprint density at radius 1 is 1.38 bits per heavy atom. The lowest BCUT2D eigenvalue weighted by molar-refractivity contribution is -0.0930. The summed E-state index contributed by atoms with van der Waals surface area (Å²) in [5.41, 5.74) is 0.000720. The van der Waals surface area contributed by atoms with E-state index in [9.17, 15) is 0 Å². The Kier molecular flexibility index (Phi) is 3.41. The molecule has 2 heterocycles. The molecular weight excluding hydrogens is 226 g/mol. The van der Waals surface area contributed by atoms with Gasteiger partial charge in [0, 0.05) is 17.1 Å². The molecule has 6 heteroatoms. The third-order valence-electron chi connectivity index (χ3n) is 2.03. The molecule has 0 spiro atoms. The number of nitrogens with zero attached hydrogens (tertiary/aromatic N) is 2. The van der Waals surface area contributed by atoms with Crippen molar-refractivity contribution in [3.63, 3.8) is 0 Å². The predicted octanol–water partition coefficient (Wildman–Crippen LogP) is 1.84. The molecule has 0 radical (unpaired) electrons. The third-order valence-corrected chi connectivity index (χ3v) is 2.67. The van der Waals surface area contributed by atoms with E-state index in [0.29, 0.717) is 19.8 Å². The van der Waals surface area contributed by atoms with Crippen LogP contribution in [0.3, 0.4) is 0 Å². The van der Waals surface area contributed by atoms with E-state index in [1.165, 1.54) is 11.5 Å². The van der Waals surface area contributed by atoms with Crippen LogP contribution in [0, 0.1) is 0 Å². The van der Waals surface area contributed by atoms with Gasteiger partial charge in [0.05, 0.1) is 19.8 Å². The van der Waals surface area contributed by atoms with E-state index in [1.807, 2.05) is 0 Å². The Bertz CT molecular complexity index is 342. The van der Waals surface area contributed by atoms with Crippen LogP contribution in [0.5, 0.6) is 0 Å².